The Morgan fingerprint density at radius 2 is 2.31 bits per heavy atom. The zero-order chi connectivity index (χ0) is 11.7. The summed E-state index contributed by atoms with van der Waals surface area (Å²) in [4.78, 5) is 5.19. The molecule has 0 spiro atoms. The van der Waals surface area contributed by atoms with Crippen LogP contribution in [0.5, 0.6) is 0 Å². The maximum Gasteiger partial charge on any atom is 0.268 e. The Labute approximate surface area is 97.2 Å². The second-order valence-electron chi connectivity index (χ2n) is 3.50. The van der Waals surface area contributed by atoms with Crippen LogP contribution >= 0.6 is 11.3 Å². The fraction of sp³-hybridized carbons (Fsp3) is 0.400. The largest absolute Gasteiger partial charge is 0.391 e. The number of methoxy groups -OCH3 is 1. The van der Waals surface area contributed by atoms with E-state index < -0.39 is 0 Å². The number of aryl methyl sites for hydroxylation is 1. The van der Waals surface area contributed by atoms with E-state index in [4.69, 9.17) is 15.0 Å². The second kappa shape index (κ2) is 4.23. The SMILES string of the molecule is COC(C)c1noc(-c2sc(N)cc2C)n1. The van der Waals surface area contributed by atoms with Gasteiger partial charge in [0.2, 0.25) is 5.82 Å². The van der Waals surface area contributed by atoms with Crippen molar-refractivity contribution < 1.29 is 9.26 Å². The van der Waals surface area contributed by atoms with Gasteiger partial charge in [0, 0.05) is 7.11 Å². The van der Waals surface area contributed by atoms with Gasteiger partial charge in [-0.15, -0.1) is 11.3 Å². The van der Waals surface area contributed by atoms with Crippen molar-refractivity contribution in [2.24, 2.45) is 0 Å². The van der Waals surface area contributed by atoms with Crippen LogP contribution in [0.2, 0.25) is 0 Å². The number of nitrogen functional groups attached to an aromatic ring is 1. The maximum atomic E-state index is 5.71. The van der Waals surface area contributed by atoms with E-state index in [-0.39, 0.29) is 6.10 Å². The smallest absolute Gasteiger partial charge is 0.268 e. The van der Waals surface area contributed by atoms with Crippen LogP contribution in [0, 0.1) is 6.92 Å². The van der Waals surface area contributed by atoms with E-state index in [9.17, 15) is 0 Å². The topological polar surface area (TPSA) is 74.2 Å². The third-order valence-corrected chi connectivity index (χ3v) is 3.34. The fourth-order valence-electron chi connectivity index (χ4n) is 1.32. The molecule has 2 heterocycles. The van der Waals surface area contributed by atoms with Crippen molar-refractivity contribution in [2.75, 3.05) is 12.8 Å². The highest BCUT2D eigenvalue weighted by Crippen LogP contribution is 2.33. The Hall–Kier alpha value is -1.40. The van der Waals surface area contributed by atoms with E-state index in [1.165, 1.54) is 11.3 Å². The minimum Gasteiger partial charge on any atom is -0.391 e. The lowest BCUT2D eigenvalue weighted by Crippen LogP contribution is -1.97. The zero-order valence-electron chi connectivity index (χ0n) is 9.35. The van der Waals surface area contributed by atoms with E-state index in [1.807, 2.05) is 19.9 Å². The van der Waals surface area contributed by atoms with Crippen molar-refractivity contribution in [1.29, 1.82) is 0 Å². The number of hydrogen-bond donors (Lipinski definition) is 1. The first kappa shape index (κ1) is 11.1. The molecule has 0 saturated heterocycles. The molecule has 0 aliphatic rings. The Morgan fingerprint density at radius 1 is 1.56 bits per heavy atom. The van der Waals surface area contributed by atoms with Crippen molar-refractivity contribution in [2.45, 2.75) is 20.0 Å². The van der Waals surface area contributed by atoms with Crippen LogP contribution in [0.1, 0.15) is 24.4 Å². The molecule has 1 atom stereocenters. The van der Waals surface area contributed by atoms with Crippen LogP contribution < -0.4 is 5.73 Å². The van der Waals surface area contributed by atoms with Crippen LogP contribution in [0.3, 0.4) is 0 Å². The van der Waals surface area contributed by atoms with Gasteiger partial charge in [-0.2, -0.15) is 4.98 Å². The summed E-state index contributed by atoms with van der Waals surface area (Å²) in [6, 6.07) is 1.89. The average molecular weight is 239 g/mol. The highest BCUT2D eigenvalue weighted by molar-refractivity contribution is 7.19. The van der Waals surface area contributed by atoms with Gasteiger partial charge in [-0.1, -0.05) is 5.16 Å². The molecule has 0 saturated carbocycles. The van der Waals surface area contributed by atoms with Crippen LogP contribution in [0.4, 0.5) is 5.00 Å². The van der Waals surface area contributed by atoms with Crippen LogP contribution in [-0.4, -0.2) is 17.3 Å². The number of ether oxygens (including phenoxy) is 1. The summed E-state index contributed by atoms with van der Waals surface area (Å²) in [5, 5.41) is 4.61. The van der Waals surface area contributed by atoms with E-state index in [0.717, 1.165) is 15.4 Å². The second-order valence-corrected chi connectivity index (χ2v) is 4.58. The number of rotatable bonds is 3. The lowest BCUT2D eigenvalue weighted by molar-refractivity contribution is 0.109. The van der Waals surface area contributed by atoms with Gasteiger partial charge in [-0.05, 0) is 25.5 Å². The van der Waals surface area contributed by atoms with Gasteiger partial charge < -0.3 is 15.0 Å². The third-order valence-electron chi connectivity index (χ3n) is 2.29. The van der Waals surface area contributed by atoms with Crippen molar-refractivity contribution in [3.05, 3.63) is 17.5 Å². The molecule has 2 aromatic heterocycles. The molecule has 0 aliphatic heterocycles. The number of thiophene rings is 1. The lowest BCUT2D eigenvalue weighted by Gasteiger charge is -2.00. The first-order chi connectivity index (χ1) is 7.61. The Morgan fingerprint density at radius 3 is 2.88 bits per heavy atom. The molecular weight excluding hydrogens is 226 g/mol. The molecule has 16 heavy (non-hydrogen) atoms. The summed E-state index contributed by atoms with van der Waals surface area (Å²) in [7, 11) is 1.61. The van der Waals surface area contributed by atoms with E-state index >= 15 is 0 Å². The normalized spacial score (nSPS) is 12.9. The minimum absolute atomic E-state index is 0.171. The minimum atomic E-state index is -0.171. The number of hydrogen-bond acceptors (Lipinski definition) is 6. The Kier molecular flexibility index (Phi) is 2.93. The molecule has 0 amide bonds. The fourth-order valence-corrected chi connectivity index (χ4v) is 2.18. The summed E-state index contributed by atoms with van der Waals surface area (Å²) in [5.41, 5.74) is 6.76. The summed E-state index contributed by atoms with van der Waals surface area (Å²) in [6.07, 6.45) is -0.171. The Balaban J connectivity index is 2.35. The van der Waals surface area contributed by atoms with Gasteiger partial charge in [0.05, 0.1) is 9.88 Å². The standard InChI is InChI=1S/C10H13N3O2S/c1-5-4-7(11)16-8(5)10-12-9(13-15-10)6(2)14-3/h4,6H,11H2,1-3H3. The predicted molar refractivity (Wildman–Crippen MR) is 62.2 cm³/mol. The van der Waals surface area contributed by atoms with Crippen molar-refractivity contribution >= 4 is 16.3 Å². The van der Waals surface area contributed by atoms with Crippen molar-refractivity contribution in [1.82, 2.24) is 10.1 Å². The first-order valence-electron chi connectivity index (χ1n) is 4.84. The molecule has 2 rings (SSSR count). The number of anilines is 1. The van der Waals surface area contributed by atoms with Crippen LogP contribution in [0.25, 0.3) is 10.8 Å². The average Bonchev–Trinajstić information content (AvgIpc) is 2.83. The van der Waals surface area contributed by atoms with Crippen molar-refractivity contribution in [3.8, 4) is 10.8 Å². The molecular formula is C10H13N3O2S. The maximum absolute atomic E-state index is 5.71. The van der Waals surface area contributed by atoms with Gasteiger partial charge >= 0.3 is 0 Å². The molecule has 2 aromatic rings. The van der Waals surface area contributed by atoms with Gasteiger partial charge in [0.15, 0.2) is 0 Å². The molecule has 0 aliphatic carbocycles. The highest BCUT2D eigenvalue weighted by Gasteiger charge is 2.17. The van der Waals surface area contributed by atoms with E-state index in [0.29, 0.717) is 11.7 Å². The van der Waals surface area contributed by atoms with Gasteiger partial charge in [0.25, 0.3) is 5.89 Å². The summed E-state index contributed by atoms with van der Waals surface area (Å²) in [5.74, 6) is 1.04. The predicted octanol–water partition coefficient (Wildman–Crippen LogP) is 2.40. The number of aromatic nitrogens is 2. The summed E-state index contributed by atoms with van der Waals surface area (Å²) in [6.45, 7) is 3.83. The van der Waals surface area contributed by atoms with Gasteiger partial charge in [-0.25, -0.2) is 0 Å². The molecule has 1 unspecified atom stereocenters. The zero-order valence-corrected chi connectivity index (χ0v) is 10.2. The van der Waals surface area contributed by atoms with Crippen molar-refractivity contribution in [3.63, 3.8) is 0 Å². The quantitative estimate of drug-likeness (QED) is 0.890. The molecule has 0 fully saturated rings. The highest BCUT2D eigenvalue weighted by atomic mass is 32.1. The molecule has 5 nitrogen and oxygen atoms in total. The molecule has 0 radical (unpaired) electrons. The number of nitrogens with two attached hydrogens (primary N) is 1. The molecule has 0 bridgehead atoms. The van der Waals surface area contributed by atoms with Crippen LogP contribution in [0.15, 0.2) is 10.6 Å². The van der Waals surface area contributed by atoms with Crippen LogP contribution in [-0.2, 0) is 4.74 Å². The first-order valence-corrected chi connectivity index (χ1v) is 5.66. The molecule has 86 valence electrons. The van der Waals surface area contributed by atoms with E-state index in [1.54, 1.807) is 7.11 Å². The third kappa shape index (κ3) is 1.94. The molecule has 0 aromatic carbocycles. The van der Waals surface area contributed by atoms with Gasteiger partial charge in [0.1, 0.15) is 6.10 Å². The molecule has 2 N–H and O–H groups in total. The Bertz CT molecular complexity index is 492. The van der Waals surface area contributed by atoms with E-state index in [2.05, 4.69) is 10.1 Å². The number of nitrogens with zero attached hydrogens (tertiary/aromatic N) is 2. The molecule has 6 heteroatoms. The summed E-state index contributed by atoms with van der Waals surface area (Å²) >= 11 is 1.44. The monoisotopic (exact) mass is 239 g/mol. The van der Waals surface area contributed by atoms with Gasteiger partial charge in [-0.3, -0.25) is 0 Å². The lowest BCUT2D eigenvalue weighted by atomic mass is 10.3. The summed E-state index contributed by atoms with van der Waals surface area (Å²) < 4.78 is 10.3.